The highest BCUT2D eigenvalue weighted by Gasteiger charge is 2.15. The van der Waals surface area contributed by atoms with Gasteiger partial charge in [0.05, 0.1) is 9.37 Å². The van der Waals surface area contributed by atoms with Crippen LogP contribution in [0.1, 0.15) is 10.5 Å². The van der Waals surface area contributed by atoms with Crippen molar-refractivity contribution in [1.82, 2.24) is 9.78 Å². The third kappa shape index (κ3) is 3.24. The Hall–Kier alpha value is -1.71. The summed E-state index contributed by atoms with van der Waals surface area (Å²) < 4.78 is 24.3. The number of primary sulfonamides is 1. The van der Waals surface area contributed by atoms with Crippen LogP contribution in [0.5, 0.6) is 0 Å². The van der Waals surface area contributed by atoms with E-state index in [2.05, 4.69) is 26.3 Å². The Kier molecular flexibility index (Phi) is 3.93. The van der Waals surface area contributed by atoms with Gasteiger partial charge in [-0.2, -0.15) is 5.10 Å². The molecule has 1 aromatic carbocycles. The first-order chi connectivity index (χ1) is 9.27. The second-order valence-electron chi connectivity index (χ2n) is 4.02. The van der Waals surface area contributed by atoms with Crippen molar-refractivity contribution in [3.05, 3.63) is 40.6 Å². The summed E-state index contributed by atoms with van der Waals surface area (Å²) in [5, 5.41) is 11.6. The molecule has 0 spiro atoms. The number of nitrogens with zero attached hydrogens (tertiary/aromatic N) is 2. The lowest BCUT2D eigenvalue weighted by Crippen LogP contribution is -2.14. The molecule has 106 valence electrons. The maximum atomic E-state index is 12.0. The first-order valence-corrected chi connectivity index (χ1v) is 7.74. The maximum absolute atomic E-state index is 12.0. The Morgan fingerprint density at radius 1 is 1.35 bits per heavy atom. The average Bonchev–Trinajstić information content (AvgIpc) is 2.68. The fourth-order valence-corrected chi connectivity index (χ4v) is 2.60. The fraction of sp³-hybridized carbons (Fsp3) is 0.0909. The molecule has 2 rings (SSSR count). The smallest absolute Gasteiger partial charge is 0.277 e. The van der Waals surface area contributed by atoms with Gasteiger partial charge < -0.3 is 5.32 Å². The Balaban J connectivity index is 2.18. The van der Waals surface area contributed by atoms with Gasteiger partial charge in [0.1, 0.15) is 0 Å². The second-order valence-corrected chi connectivity index (χ2v) is 6.44. The topological polar surface area (TPSA) is 107 Å². The zero-order valence-electron chi connectivity index (χ0n) is 10.4. The second kappa shape index (κ2) is 5.35. The fourth-order valence-electron chi connectivity index (χ4n) is 1.53. The number of rotatable bonds is 3. The minimum absolute atomic E-state index is 0.0190. The van der Waals surface area contributed by atoms with Crippen molar-refractivity contribution in [1.29, 1.82) is 0 Å². The highest BCUT2D eigenvalue weighted by Crippen LogP contribution is 2.17. The number of halogens is 1. The molecular weight excluding hydrogens is 348 g/mol. The van der Waals surface area contributed by atoms with Crippen molar-refractivity contribution in [3.63, 3.8) is 0 Å². The Labute approximate surface area is 124 Å². The SMILES string of the molecule is Cn1cc(Br)c(C(=O)Nc2ccc(S(N)(=O)=O)cc2)n1. The van der Waals surface area contributed by atoms with Crippen molar-refractivity contribution in [2.24, 2.45) is 12.2 Å². The van der Waals surface area contributed by atoms with Crippen LogP contribution in [-0.2, 0) is 17.1 Å². The molecule has 0 saturated heterocycles. The molecule has 0 radical (unpaired) electrons. The van der Waals surface area contributed by atoms with Gasteiger partial charge in [-0.15, -0.1) is 0 Å². The number of nitrogens with one attached hydrogen (secondary N) is 1. The molecule has 0 aliphatic heterocycles. The quantitative estimate of drug-likeness (QED) is 0.855. The number of hydrogen-bond donors (Lipinski definition) is 2. The molecule has 1 aromatic heterocycles. The van der Waals surface area contributed by atoms with E-state index in [1.165, 1.54) is 28.9 Å². The Morgan fingerprint density at radius 2 is 1.95 bits per heavy atom. The summed E-state index contributed by atoms with van der Waals surface area (Å²) in [6.45, 7) is 0. The summed E-state index contributed by atoms with van der Waals surface area (Å²) in [6.07, 6.45) is 1.65. The van der Waals surface area contributed by atoms with Crippen LogP contribution in [0.2, 0.25) is 0 Å². The van der Waals surface area contributed by atoms with Crippen LogP contribution in [0.25, 0.3) is 0 Å². The van der Waals surface area contributed by atoms with E-state index >= 15 is 0 Å². The molecule has 20 heavy (non-hydrogen) atoms. The van der Waals surface area contributed by atoms with Crippen molar-refractivity contribution in [3.8, 4) is 0 Å². The van der Waals surface area contributed by atoms with Gasteiger partial charge in [-0.3, -0.25) is 9.48 Å². The van der Waals surface area contributed by atoms with E-state index in [0.29, 0.717) is 10.2 Å². The molecule has 0 unspecified atom stereocenters. The molecular formula is C11H11BrN4O3S. The molecule has 0 fully saturated rings. The summed E-state index contributed by atoms with van der Waals surface area (Å²) in [5.74, 6) is -0.402. The molecule has 0 aliphatic rings. The van der Waals surface area contributed by atoms with E-state index in [9.17, 15) is 13.2 Å². The van der Waals surface area contributed by atoms with Gasteiger partial charge in [-0.1, -0.05) is 0 Å². The van der Waals surface area contributed by atoms with Gasteiger partial charge >= 0.3 is 0 Å². The van der Waals surface area contributed by atoms with Crippen LogP contribution >= 0.6 is 15.9 Å². The molecule has 0 saturated carbocycles. The minimum atomic E-state index is -3.74. The predicted octanol–water partition coefficient (Wildman–Crippen LogP) is 1.08. The summed E-state index contributed by atoms with van der Waals surface area (Å²) in [5.41, 5.74) is 0.683. The van der Waals surface area contributed by atoms with E-state index < -0.39 is 15.9 Å². The average molecular weight is 359 g/mol. The van der Waals surface area contributed by atoms with Gasteiger partial charge in [0, 0.05) is 18.9 Å². The van der Waals surface area contributed by atoms with E-state index in [0.717, 1.165) is 0 Å². The van der Waals surface area contributed by atoms with Gasteiger partial charge in [-0.25, -0.2) is 13.6 Å². The highest BCUT2D eigenvalue weighted by molar-refractivity contribution is 9.10. The molecule has 1 amide bonds. The summed E-state index contributed by atoms with van der Waals surface area (Å²) in [7, 11) is -2.04. The predicted molar refractivity (Wildman–Crippen MR) is 76.7 cm³/mol. The van der Waals surface area contributed by atoms with Gasteiger partial charge in [-0.05, 0) is 40.2 Å². The largest absolute Gasteiger partial charge is 0.321 e. The summed E-state index contributed by atoms with van der Waals surface area (Å²) in [6, 6.07) is 5.54. The van der Waals surface area contributed by atoms with E-state index in [1.54, 1.807) is 13.2 Å². The van der Waals surface area contributed by atoms with Crippen LogP contribution in [0.4, 0.5) is 5.69 Å². The monoisotopic (exact) mass is 358 g/mol. The van der Waals surface area contributed by atoms with E-state index in [4.69, 9.17) is 5.14 Å². The lowest BCUT2D eigenvalue weighted by molar-refractivity contribution is 0.102. The van der Waals surface area contributed by atoms with E-state index in [-0.39, 0.29) is 10.6 Å². The molecule has 7 nitrogen and oxygen atoms in total. The van der Waals surface area contributed by atoms with Gasteiger partial charge in [0.25, 0.3) is 5.91 Å². The van der Waals surface area contributed by atoms with Crippen molar-refractivity contribution in [2.75, 3.05) is 5.32 Å². The number of benzene rings is 1. The third-order valence-electron chi connectivity index (χ3n) is 2.44. The van der Waals surface area contributed by atoms with Crippen LogP contribution in [0.3, 0.4) is 0 Å². The number of aryl methyl sites for hydroxylation is 1. The van der Waals surface area contributed by atoms with Crippen molar-refractivity contribution in [2.45, 2.75) is 4.90 Å². The van der Waals surface area contributed by atoms with Gasteiger partial charge in [0.2, 0.25) is 10.0 Å². The zero-order valence-corrected chi connectivity index (χ0v) is 12.8. The van der Waals surface area contributed by atoms with Crippen LogP contribution in [0.15, 0.2) is 39.8 Å². The van der Waals surface area contributed by atoms with Crippen LogP contribution in [0, 0.1) is 0 Å². The molecule has 3 N–H and O–H groups in total. The lowest BCUT2D eigenvalue weighted by atomic mass is 10.3. The Bertz CT molecular complexity index is 752. The number of amides is 1. The maximum Gasteiger partial charge on any atom is 0.277 e. The molecule has 1 heterocycles. The van der Waals surface area contributed by atoms with Crippen molar-refractivity contribution >= 4 is 37.5 Å². The molecule has 2 aromatic rings. The number of nitrogens with two attached hydrogens (primary N) is 1. The summed E-state index contributed by atoms with van der Waals surface area (Å²) >= 11 is 3.23. The van der Waals surface area contributed by atoms with Crippen molar-refractivity contribution < 1.29 is 13.2 Å². The zero-order chi connectivity index (χ0) is 14.9. The number of carbonyl (C=O) groups excluding carboxylic acids is 1. The lowest BCUT2D eigenvalue weighted by Gasteiger charge is -2.04. The summed E-state index contributed by atoms with van der Waals surface area (Å²) in [4.78, 5) is 12.0. The Morgan fingerprint density at radius 3 is 2.40 bits per heavy atom. The van der Waals surface area contributed by atoms with E-state index in [1.807, 2.05) is 0 Å². The van der Waals surface area contributed by atoms with Crippen LogP contribution < -0.4 is 10.5 Å². The number of aromatic nitrogens is 2. The number of sulfonamides is 1. The normalized spacial score (nSPS) is 11.3. The number of anilines is 1. The highest BCUT2D eigenvalue weighted by atomic mass is 79.9. The molecule has 0 atom stereocenters. The van der Waals surface area contributed by atoms with Gasteiger partial charge in [0.15, 0.2) is 5.69 Å². The molecule has 0 aliphatic carbocycles. The number of carbonyl (C=O) groups is 1. The first-order valence-electron chi connectivity index (χ1n) is 5.41. The minimum Gasteiger partial charge on any atom is -0.321 e. The first kappa shape index (κ1) is 14.7. The molecule has 9 heteroatoms. The molecule has 0 bridgehead atoms. The van der Waals surface area contributed by atoms with Crippen LogP contribution in [-0.4, -0.2) is 24.1 Å². The number of hydrogen-bond acceptors (Lipinski definition) is 4. The third-order valence-corrected chi connectivity index (χ3v) is 3.95. The standard InChI is InChI=1S/C11H11BrN4O3S/c1-16-6-9(12)10(15-16)11(17)14-7-2-4-8(5-3-7)20(13,18)19/h2-6H,1H3,(H,14,17)(H2,13,18,19).